The van der Waals surface area contributed by atoms with E-state index in [1.807, 2.05) is 6.08 Å². The second kappa shape index (κ2) is 2.35. The Morgan fingerprint density at radius 2 is 2.36 bits per heavy atom. The minimum Gasteiger partial charge on any atom is -0.236 e. The van der Waals surface area contributed by atoms with Gasteiger partial charge >= 0.3 is 0 Å². The lowest BCUT2D eigenvalue weighted by Gasteiger charge is -2.07. The van der Waals surface area contributed by atoms with Gasteiger partial charge in [-0.3, -0.25) is 0 Å². The number of aliphatic imine (C=N–C) groups is 1. The first kappa shape index (κ1) is 6.86. The summed E-state index contributed by atoms with van der Waals surface area (Å²) in [5.41, 5.74) is 2.15. The third-order valence-electron chi connectivity index (χ3n) is 1.80. The molecule has 0 N–H and O–H groups in total. The number of nitrogens with zero attached hydrogens (tertiary/aromatic N) is 1. The molecule has 0 amide bonds. The van der Waals surface area contributed by atoms with Gasteiger partial charge in [0.15, 0.2) is 0 Å². The standard InChI is InChI=1S/C9H8ClN/c1-6-2-3-7-5-9(10)11-8(7)4-6/h2-6H,1H3. The van der Waals surface area contributed by atoms with Gasteiger partial charge in [-0.15, -0.1) is 0 Å². The fraction of sp³-hybridized carbons (Fsp3) is 0.222. The maximum Gasteiger partial charge on any atom is 0.130 e. The quantitative estimate of drug-likeness (QED) is 0.523. The van der Waals surface area contributed by atoms with Crippen LogP contribution in [0.15, 0.2) is 40.6 Å². The van der Waals surface area contributed by atoms with E-state index in [2.05, 4.69) is 30.1 Å². The normalized spacial score (nSPS) is 27.5. The van der Waals surface area contributed by atoms with E-state index >= 15 is 0 Å². The molecule has 1 unspecified atom stereocenters. The maximum atomic E-state index is 5.73. The van der Waals surface area contributed by atoms with Gasteiger partial charge in [0.05, 0.1) is 5.70 Å². The van der Waals surface area contributed by atoms with E-state index < -0.39 is 0 Å². The average Bonchev–Trinajstić information content (AvgIpc) is 2.27. The van der Waals surface area contributed by atoms with Crippen molar-refractivity contribution in [2.24, 2.45) is 10.9 Å². The zero-order chi connectivity index (χ0) is 7.84. The molecule has 1 nitrogen and oxygen atoms in total. The maximum absolute atomic E-state index is 5.73. The highest BCUT2D eigenvalue weighted by Gasteiger charge is 2.14. The average molecular weight is 166 g/mol. The zero-order valence-electron chi connectivity index (χ0n) is 6.21. The number of rotatable bonds is 0. The molecule has 1 heterocycles. The molecule has 2 aliphatic rings. The van der Waals surface area contributed by atoms with Crippen LogP contribution in [0.1, 0.15) is 6.92 Å². The summed E-state index contributed by atoms with van der Waals surface area (Å²) in [6.45, 7) is 2.13. The molecule has 0 aromatic heterocycles. The predicted molar refractivity (Wildman–Crippen MR) is 47.8 cm³/mol. The van der Waals surface area contributed by atoms with Crippen molar-refractivity contribution in [3.05, 3.63) is 35.6 Å². The molecular formula is C9H8ClN. The first-order chi connectivity index (χ1) is 5.25. The highest BCUT2D eigenvalue weighted by Crippen LogP contribution is 2.27. The van der Waals surface area contributed by atoms with Crippen LogP contribution in [0.25, 0.3) is 0 Å². The summed E-state index contributed by atoms with van der Waals surface area (Å²) in [5.74, 6) is 0.480. The summed E-state index contributed by atoms with van der Waals surface area (Å²) in [4.78, 5) is 4.16. The molecule has 0 spiro atoms. The minimum absolute atomic E-state index is 0.480. The molecule has 11 heavy (non-hydrogen) atoms. The Hall–Kier alpha value is -0.820. The van der Waals surface area contributed by atoms with E-state index in [-0.39, 0.29) is 0 Å². The van der Waals surface area contributed by atoms with E-state index in [9.17, 15) is 0 Å². The summed E-state index contributed by atoms with van der Waals surface area (Å²) in [6, 6.07) is 0. The Labute approximate surface area is 70.8 Å². The molecule has 0 fully saturated rings. The largest absolute Gasteiger partial charge is 0.236 e. The number of fused-ring (bicyclic) bond motifs is 1. The smallest absolute Gasteiger partial charge is 0.130 e. The molecule has 0 saturated carbocycles. The first-order valence-corrected chi connectivity index (χ1v) is 4.00. The van der Waals surface area contributed by atoms with Crippen molar-refractivity contribution in [2.45, 2.75) is 6.92 Å². The highest BCUT2D eigenvalue weighted by molar-refractivity contribution is 6.69. The van der Waals surface area contributed by atoms with Crippen LogP contribution in [-0.2, 0) is 0 Å². The van der Waals surface area contributed by atoms with Crippen molar-refractivity contribution in [1.29, 1.82) is 0 Å². The van der Waals surface area contributed by atoms with Crippen LogP contribution in [0.5, 0.6) is 0 Å². The zero-order valence-corrected chi connectivity index (χ0v) is 6.97. The summed E-state index contributed by atoms with van der Waals surface area (Å²) in [7, 11) is 0. The second-order valence-electron chi connectivity index (χ2n) is 2.80. The van der Waals surface area contributed by atoms with E-state index in [0.717, 1.165) is 11.3 Å². The van der Waals surface area contributed by atoms with Gasteiger partial charge in [0.1, 0.15) is 5.17 Å². The third kappa shape index (κ3) is 1.16. The lowest BCUT2D eigenvalue weighted by atomic mass is 10.0. The molecule has 0 aromatic rings. The third-order valence-corrected chi connectivity index (χ3v) is 1.99. The van der Waals surface area contributed by atoms with Gasteiger partial charge in [0.25, 0.3) is 0 Å². The number of hydrogen-bond donors (Lipinski definition) is 0. The highest BCUT2D eigenvalue weighted by atomic mass is 35.5. The molecule has 1 atom stereocenters. The van der Waals surface area contributed by atoms with Gasteiger partial charge in [-0.05, 0) is 12.0 Å². The van der Waals surface area contributed by atoms with Crippen molar-refractivity contribution in [3.63, 3.8) is 0 Å². The monoisotopic (exact) mass is 165 g/mol. The number of halogens is 1. The first-order valence-electron chi connectivity index (χ1n) is 3.62. The van der Waals surface area contributed by atoms with E-state index in [1.165, 1.54) is 0 Å². The number of allylic oxidation sites excluding steroid dienone is 4. The van der Waals surface area contributed by atoms with Gasteiger partial charge < -0.3 is 0 Å². The van der Waals surface area contributed by atoms with Crippen molar-refractivity contribution in [1.82, 2.24) is 0 Å². The molecule has 0 radical (unpaired) electrons. The van der Waals surface area contributed by atoms with Crippen LogP contribution in [0.4, 0.5) is 0 Å². The number of hydrogen-bond acceptors (Lipinski definition) is 1. The minimum atomic E-state index is 0.480. The van der Waals surface area contributed by atoms with Gasteiger partial charge in [-0.1, -0.05) is 36.8 Å². The van der Waals surface area contributed by atoms with Gasteiger partial charge in [-0.25, -0.2) is 4.99 Å². The molecule has 1 aliphatic carbocycles. The molecule has 0 saturated heterocycles. The van der Waals surface area contributed by atoms with Crippen molar-refractivity contribution < 1.29 is 0 Å². The Bertz CT molecular complexity index is 308. The van der Waals surface area contributed by atoms with Crippen LogP contribution < -0.4 is 0 Å². The Morgan fingerprint density at radius 1 is 1.55 bits per heavy atom. The van der Waals surface area contributed by atoms with Crippen molar-refractivity contribution >= 4 is 16.8 Å². The molecule has 56 valence electrons. The molecule has 2 heteroatoms. The SMILES string of the molecule is CC1C=CC2=CC(Cl)=NC2=C1. The van der Waals surface area contributed by atoms with Crippen LogP contribution in [0.2, 0.25) is 0 Å². The summed E-state index contributed by atoms with van der Waals surface area (Å²) >= 11 is 5.73. The van der Waals surface area contributed by atoms with Crippen LogP contribution >= 0.6 is 11.6 Å². The fourth-order valence-corrected chi connectivity index (χ4v) is 1.45. The molecule has 0 aromatic carbocycles. The summed E-state index contributed by atoms with van der Waals surface area (Å²) in [6.07, 6.45) is 8.20. The van der Waals surface area contributed by atoms with E-state index in [1.54, 1.807) is 0 Å². The van der Waals surface area contributed by atoms with E-state index in [0.29, 0.717) is 11.1 Å². The lowest BCUT2D eigenvalue weighted by molar-refractivity contribution is 0.912. The Balaban J connectivity index is 2.42. The molecule has 1 aliphatic heterocycles. The summed E-state index contributed by atoms with van der Waals surface area (Å²) in [5, 5.41) is 0.588. The fourth-order valence-electron chi connectivity index (χ4n) is 1.24. The lowest BCUT2D eigenvalue weighted by Crippen LogP contribution is -1.92. The van der Waals surface area contributed by atoms with Gasteiger partial charge in [0.2, 0.25) is 0 Å². The second-order valence-corrected chi connectivity index (χ2v) is 3.19. The topological polar surface area (TPSA) is 12.4 Å². The predicted octanol–water partition coefficient (Wildman–Crippen LogP) is 2.65. The van der Waals surface area contributed by atoms with Gasteiger partial charge in [-0.2, -0.15) is 0 Å². The van der Waals surface area contributed by atoms with Gasteiger partial charge in [0, 0.05) is 5.57 Å². The molecule has 2 rings (SSSR count). The van der Waals surface area contributed by atoms with Crippen molar-refractivity contribution in [3.8, 4) is 0 Å². The van der Waals surface area contributed by atoms with E-state index in [4.69, 9.17) is 11.6 Å². The Kier molecular flexibility index (Phi) is 1.46. The molecular weight excluding hydrogens is 158 g/mol. The Morgan fingerprint density at radius 3 is 3.18 bits per heavy atom. The molecule has 0 bridgehead atoms. The van der Waals surface area contributed by atoms with Crippen LogP contribution in [-0.4, -0.2) is 5.17 Å². The van der Waals surface area contributed by atoms with Crippen LogP contribution in [0, 0.1) is 5.92 Å². The van der Waals surface area contributed by atoms with Crippen LogP contribution in [0.3, 0.4) is 0 Å². The van der Waals surface area contributed by atoms with Crippen molar-refractivity contribution in [2.75, 3.05) is 0 Å². The summed E-state index contributed by atoms with van der Waals surface area (Å²) < 4.78 is 0.